The standard InChI is InChI=1S/C16H25NO2/c1-5-12-8-7-9-13(6-2)14(12)17-11-10-16(3,4)15(18)19/h7-9,17H,5-6,10-11H2,1-4H3,(H,18,19). The van der Waals surface area contributed by atoms with E-state index in [1.165, 1.54) is 16.8 Å². The molecule has 0 aliphatic carbocycles. The predicted molar refractivity (Wildman–Crippen MR) is 79.7 cm³/mol. The molecule has 3 nitrogen and oxygen atoms in total. The fourth-order valence-corrected chi connectivity index (χ4v) is 2.08. The lowest BCUT2D eigenvalue weighted by Crippen LogP contribution is -2.26. The second kappa shape index (κ2) is 6.60. The third-order valence-electron chi connectivity index (χ3n) is 3.63. The van der Waals surface area contributed by atoms with Gasteiger partial charge >= 0.3 is 5.97 Å². The zero-order valence-electron chi connectivity index (χ0n) is 12.4. The first-order chi connectivity index (χ1) is 8.92. The number of rotatable bonds is 7. The van der Waals surface area contributed by atoms with Gasteiger partial charge < -0.3 is 10.4 Å². The summed E-state index contributed by atoms with van der Waals surface area (Å²) in [5.74, 6) is -0.742. The fraction of sp³-hybridized carbons (Fsp3) is 0.562. The molecule has 0 saturated carbocycles. The van der Waals surface area contributed by atoms with Crippen molar-refractivity contribution in [2.75, 3.05) is 11.9 Å². The smallest absolute Gasteiger partial charge is 0.309 e. The van der Waals surface area contributed by atoms with Crippen LogP contribution in [0.1, 0.15) is 45.2 Å². The number of nitrogens with one attached hydrogen (secondary N) is 1. The molecule has 0 spiro atoms. The summed E-state index contributed by atoms with van der Waals surface area (Å²) in [6, 6.07) is 6.34. The Morgan fingerprint density at radius 1 is 1.21 bits per heavy atom. The summed E-state index contributed by atoms with van der Waals surface area (Å²) in [5.41, 5.74) is 3.11. The Bertz CT molecular complexity index is 416. The van der Waals surface area contributed by atoms with Crippen molar-refractivity contribution in [2.24, 2.45) is 5.41 Å². The summed E-state index contributed by atoms with van der Waals surface area (Å²) in [4.78, 5) is 11.1. The van der Waals surface area contributed by atoms with Gasteiger partial charge in [0.25, 0.3) is 0 Å². The highest BCUT2D eigenvalue weighted by molar-refractivity contribution is 5.73. The Balaban J connectivity index is 2.75. The number of para-hydroxylation sites is 1. The van der Waals surface area contributed by atoms with Gasteiger partial charge in [0.15, 0.2) is 0 Å². The van der Waals surface area contributed by atoms with Crippen LogP contribution in [-0.4, -0.2) is 17.6 Å². The first kappa shape index (κ1) is 15.5. The molecule has 19 heavy (non-hydrogen) atoms. The molecule has 0 unspecified atom stereocenters. The van der Waals surface area contributed by atoms with E-state index in [0.717, 1.165) is 12.8 Å². The minimum absolute atomic E-state index is 0.615. The Morgan fingerprint density at radius 3 is 2.16 bits per heavy atom. The van der Waals surface area contributed by atoms with Gasteiger partial charge in [-0.2, -0.15) is 0 Å². The Morgan fingerprint density at radius 2 is 1.74 bits per heavy atom. The maximum absolute atomic E-state index is 11.1. The highest BCUT2D eigenvalue weighted by Crippen LogP contribution is 2.25. The van der Waals surface area contributed by atoms with Gasteiger partial charge in [-0.25, -0.2) is 0 Å². The third kappa shape index (κ3) is 3.98. The lowest BCUT2D eigenvalue weighted by molar-refractivity contribution is -0.147. The molecular weight excluding hydrogens is 238 g/mol. The molecule has 0 heterocycles. The van der Waals surface area contributed by atoms with Crippen LogP contribution in [0.15, 0.2) is 18.2 Å². The van der Waals surface area contributed by atoms with Gasteiger partial charge in [0.1, 0.15) is 0 Å². The number of hydrogen-bond donors (Lipinski definition) is 2. The molecule has 0 bridgehead atoms. The van der Waals surface area contributed by atoms with Crippen molar-refractivity contribution in [3.05, 3.63) is 29.3 Å². The molecule has 0 saturated heterocycles. The Kier molecular flexibility index (Phi) is 5.40. The van der Waals surface area contributed by atoms with E-state index < -0.39 is 11.4 Å². The maximum Gasteiger partial charge on any atom is 0.309 e. The van der Waals surface area contributed by atoms with Crippen LogP contribution in [0, 0.1) is 5.41 Å². The average molecular weight is 263 g/mol. The minimum Gasteiger partial charge on any atom is -0.481 e. The number of aliphatic carboxylic acids is 1. The second-order valence-corrected chi connectivity index (χ2v) is 5.52. The van der Waals surface area contributed by atoms with Crippen molar-refractivity contribution in [3.8, 4) is 0 Å². The van der Waals surface area contributed by atoms with E-state index in [0.29, 0.717) is 13.0 Å². The molecule has 3 heteroatoms. The van der Waals surface area contributed by atoms with Crippen LogP contribution in [0.2, 0.25) is 0 Å². The van der Waals surface area contributed by atoms with E-state index in [-0.39, 0.29) is 0 Å². The Hall–Kier alpha value is -1.51. The van der Waals surface area contributed by atoms with E-state index in [1.807, 2.05) is 0 Å². The molecule has 106 valence electrons. The van der Waals surface area contributed by atoms with E-state index >= 15 is 0 Å². The molecule has 0 amide bonds. The molecule has 1 aromatic rings. The van der Waals surface area contributed by atoms with Crippen molar-refractivity contribution in [2.45, 2.75) is 47.0 Å². The summed E-state index contributed by atoms with van der Waals surface area (Å²) >= 11 is 0. The molecule has 0 aliphatic heterocycles. The molecule has 0 radical (unpaired) electrons. The number of aryl methyl sites for hydroxylation is 2. The number of anilines is 1. The topological polar surface area (TPSA) is 49.3 Å². The van der Waals surface area contributed by atoms with Crippen LogP contribution < -0.4 is 5.32 Å². The summed E-state index contributed by atoms with van der Waals surface area (Å²) in [6.07, 6.45) is 2.58. The molecule has 1 aromatic carbocycles. The monoisotopic (exact) mass is 263 g/mol. The van der Waals surface area contributed by atoms with Crippen molar-refractivity contribution in [1.82, 2.24) is 0 Å². The van der Waals surface area contributed by atoms with Crippen LogP contribution in [-0.2, 0) is 17.6 Å². The van der Waals surface area contributed by atoms with Crippen LogP contribution in [0.25, 0.3) is 0 Å². The van der Waals surface area contributed by atoms with Gasteiger partial charge in [0.2, 0.25) is 0 Å². The zero-order chi connectivity index (χ0) is 14.5. The summed E-state index contributed by atoms with van der Waals surface area (Å²) in [6.45, 7) is 8.50. The van der Waals surface area contributed by atoms with Crippen LogP contribution >= 0.6 is 0 Å². The minimum atomic E-state index is -0.742. The number of benzene rings is 1. The first-order valence-corrected chi connectivity index (χ1v) is 7.00. The van der Waals surface area contributed by atoms with Crippen molar-refractivity contribution in [1.29, 1.82) is 0 Å². The van der Waals surface area contributed by atoms with E-state index in [4.69, 9.17) is 5.11 Å². The van der Waals surface area contributed by atoms with E-state index in [9.17, 15) is 4.79 Å². The SMILES string of the molecule is CCc1cccc(CC)c1NCCC(C)(C)C(=O)O. The number of carboxylic acid groups (broad SMARTS) is 1. The highest BCUT2D eigenvalue weighted by atomic mass is 16.4. The van der Waals surface area contributed by atoms with Gasteiger partial charge in [-0.1, -0.05) is 32.0 Å². The molecule has 0 aliphatic rings. The molecule has 2 N–H and O–H groups in total. The number of hydrogen-bond acceptors (Lipinski definition) is 2. The fourth-order valence-electron chi connectivity index (χ4n) is 2.08. The summed E-state index contributed by atoms with van der Waals surface area (Å²) < 4.78 is 0. The normalized spacial score (nSPS) is 11.4. The van der Waals surface area contributed by atoms with Gasteiger partial charge in [0, 0.05) is 12.2 Å². The molecular formula is C16H25NO2. The number of carboxylic acids is 1. The maximum atomic E-state index is 11.1. The van der Waals surface area contributed by atoms with Gasteiger partial charge in [0.05, 0.1) is 5.41 Å². The lowest BCUT2D eigenvalue weighted by atomic mass is 9.89. The van der Waals surface area contributed by atoms with Crippen molar-refractivity contribution in [3.63, 3.8) is 0 Å². The predicted octanol–water partition coefficient (Wildman–Crippen LogP) is 3.72. The zero-order valence-corrected chi connectivity index (χ0v) is 12.4. The first-order valence-electron chi connectivity index (χ1n) is 7.00. The largest absolute Gasteiger partial charge is 0.481 e. The van der Waals surface area contributed by atoms with E-state index in [1.54, 1.807) is 13.8 Å². The molecule has 0 fully saturated rings. The lowest BCUT2D eigenvalue weighted by Gasteiger charge is -2.21. The van der Waals surface area contributed by atoms with E-state index in [2.05, 4.69) is 37.4 Å². The van der Waals surface area contributed by atoms with Crippen LogP contribution in [0.4, 0.5) is 5.69 Å². The summed E-state index contributed by atoms with van der Waals surface area (Å²) in [5, 5.41) is 12.5. The van der Waals surface area contributed by atoms with Crippen molar-refractivity contribution >= 4 is 11.7 Å². The number of carbonyl (C=O) groups is 1. The molecule has 0 aromatic heterocycles. The average Bonchev–Trinajstić information content (AvgIpc) is 2.38. The van der Waals surface area contributed by atoms with Crippen LogP contribution in [0.5, 0.6) is 0 Å². The van der Waals surface area contributed by atoms with Crippen molar-refractivity contribution < 1.29 is 9.90 Å². The van der Waals surface area contributed by atoms with Gasteiger partial charge in [-0.3, -0.25) is 4.79 Å². The quantitative estimate of drug-likeness (QED) is 0.788. The van der Waals surface area contributed by atoms with Gasteiger partial charge in [-0.15, -0.1) is 0 Å². The molecule has 0 atom stereocenters. The second-order valence-electron chi connectivity index (χ2n) is 5.52. The highest BCUT2D eigenvalue weighted by Gasteiger charge is 2.26. The Labute approximate surface area is 116 Å². The molecule has 1 rings (SSSR count). The summed E-state index contributed by atoms with van der Waals surface area (Å²) in [7, 11) is 0. The van der Waals surface area contributed by atoms with Crippen LogP contribution in [0.3, 0.4) is 0 Å². The third-order valence-corrected chi connectivity index (χ3v) is 3.63. The van der Waals surface area contributed by atoms with Gasteiger partial charge in [-0.05, 0) is 44.2 Å².